The number of rotatable bonds is 3. The predicted octanol–water partition coefficient (Wildman–Crippen LogP) is 2.90. The van der Waals surface area contributed by atoms with E-state index in [0.29, 0.717) is 17.9 Å². The Labute approximate surface area is 115 Å². The van der Waals surface area contributed by atoms with Gasteiger partial charge in [0.2, 0.25) is 0 Å². The lowest BCUT2D eigenvalue weighted by Gasteiger charge is -2.19. The molecule has 0 saturated heterocycles. The molecule has 0 saturated carbocycles. The van der Waals surface area contributed by atoms with Crippen molar-refractivity contribution in [1.29, 1.82) is 0 Å². The van der Waals surface area contributed by atoms with Gasteiger partial charge in [0.1, 0.15) is 3.70 Å². The van der Waals surface area contributed by atoms with E-state index in [0.717, 1.165) is 3.70 Å². The second-order valence-electron chi connectivity index (χ2n) is 4.85. The first-order valence-electron chi connectivity index (χ1n) is 5.20. The zero-order valence-corrected chi connectivity index (χ0v) is 12.6. The van der Waals surface area contributed by atoms with Crippen LogP contribution in [0, 0.1) is 9.12 Å². The third-order valence-corrected chi connectivity index (χ3v) is 2.70. The zero-order valence-electron chi connectivity index (χ0n) is 10.4. The lowest BCUT2D eigenvalue weighted by atomic mass is 9.99. The van der Waals surface area contributed by atoms with Crippen LogP contribution in [0.1, 0.15) is 31.1 Å². The van der Waals surface area contributed by atoms with Gasteiger partial charge in [0, 0.05) is 6.20 Å². The van der Waals surface area contributed by atoms with E-state index in [1.54, 1.807) is 6.07 Å². The first kappa shape index (κ1) is 14.2. The first-order valence-corrected chi connectivity index (χ1v) is 6.28. The second-order valence-corrected chi connectivity index (χ2v) is 5.88. The number of carbonyl (C=O) groups excluding carboxylic acids is 1. The number of methoxy groups -OCH3 is 1. The second kappa shape index (κ2) is 5.66. The molecule has 5 heteroatoms. The molecular formula is C12H16INO3. The van der Waals surface area contributed by atoms with Gasteiger partial charge in [0.05, 0.1) is 19.3 Å². The maximum Gasteiger partial charge on any atom is 0.339 e. The summed E-state index contributed by atoms with van der Waals surface area (Å²) in [5.74, 6) is 0.206. The standard InChI is InChI=1S/C12H16INO3/c1-12(2,3)7-17-9-5-8(11(15)16-4)6-14-10(9)13/h5-6H,7H2,1-4H3. The Bertz CT molecular complexity index is 413. The number of hydrogen-bond donors (Lipinski definition) is 0. The Kier molecular flexibility index (Phi) is 4.73. The molecule has 0 fully saturated rings. The molecule has 0 N–H and O–H groups in total. The molecule has 1 aromatic rings. The minimum atomic E-state index is -0.408. The summed E-state index contributed by atoms with van der Waals surface area (Å²) in [6, 6.07) is 1.66. The van der Waals surface area contributed by atoms with Gasteiger partial charge in [-0.05, 0) is 34.1 Å². The highest BCUT2D eigenvalue weighted by molar-refractivity contribution is 14.1. The fourth-order valence-electron chi connectivity index (χ4n) is 1.05. The van der Waals surface area contributed by atoms with Crippen LogP contribution in [0.15, 0.2) is 12.3 Å². The summed E-state index contributed by atoms with van der Waals surface area (Å²) in [6.45, 7) is 6.81. The van der Waals surface area contributed by atoms with Crippen LogP contribution >= 0.6 is 22.6 Å². The highest BCUT2D eigenvalue weighted by Crippen LogP contribution is 2.23. The SMILES string of the molecule is COC(=O)c1cnc(I)c(OCC(C)(C)C)c1. The molecule has 0 unspecified atom stereocenters. The number of esters is 1. The molecule has 94 valence electrons. The monoisotopic (exact) mass is 349 g/mol. The molecule has 0 radical (unpaired) electrons. The Hall–Kier alpha value is -0.850. The van der Waals surface area contributed by atoms with Crippen LogP contribution in [0.2, 0.25) is 0 Å². The van der Waals surface area contributed by atoms with Crippen LogP contribution in [0.5, 0.6) is 5.75 Å². The van der Waals surface area contributed by atoms with E-state index in [2.05, 4.69) is 53.1 Å². The lowest BCUT2D eigenvalue weighted by Crippen LogP contribution is -2.17. The molecule has 0 aromatic carbocycles. The van der Waals surface area contributed by atoms with E-state index in [-0.39, 0.29) is 5.41 Å². The Morgan fingerprint density at radius 1 is 1.47 bits per heavy atom. The van der Waals surface area contributed by atoms with Gasteiger partial charge in [-0.2, -0.15) is 0 Å². The summed E-state index contributed by atoms with van der Waals surface area (Å²) >= 11 is 2.08. The van der Waals surface area contributed by atoms with E-state index < -0.39 is 5.97 Å². The van der Waals surface area contributed by atoms with Gasteiger partial charge in [0.25, 0.3) is 0 Å². The number of carbonyl (C=O) groups is 1. The van der Waals surface area contributed by atoms with Crippen LogP contribution in [0.3, 0.4) is 0 Å². The normalized spacial score (nSPS) is 11.1. The number of pyridine rings is 1. The molecule has 0 aliphatic rings. The number of ether oxygens (including phenoxy) is 2. The maximum absolute atomic E-state index is 11.4. The van der Waals surface area contributed by atoms with Crippen molar-refractivity contribution in [2.75, 3.05) is 13.7 Å². The Morgan fingerprint density at radius 3 is 2.65 bits per heavy atom. The van der Waals surface area contributed by atoms with Gasteiger partial charge >= 0.3 is 5.97 Å². The first-order chi connectivity index (χ1) is 7.83. The molecular weight excluding hydrogens is 333 g/mol. The van der Waals surface area contributed by atoms with Crippen molar-refractivity contribution < 1.29 is 14.3 Å². The van der Waals surface area contributed by atoms with Gasteiger partial charge in [-0.15, -0.1) is 0 Å². The molecule has 4 nitrogen and oxygen atoms in total. The molecule has 0 bridgehead atoms. The van der Waals surface area contributed by atoms with Gasteiger partial charge in [-0.3, -0.25) is 0 Å². The largest absolute Gasteiger partial charge is 0.490 e. The summed E-state index contributed by atoms with van der Waals surface area (Å²) < 4.78 is 11.0. The molecule has 0 spiro atoms. The molecule has 0 amide bonds. The van der Waals surface area contributed by atoms with Gasteiger partial charge in [-0.25, -0.2) is 9.78 Å². The number of hydrogen-bond acceptors (Lipinski definition) is 4. The van der Waals surface area contributed by atoms with Crippen molar-refractivity contribution in [2.45, 2.75) is 20.8 Å². The highest BCUT2D eigenvalue weighted by Gasteiger charge is 2.15. The van der Waals surface area contributed by atoms with E-state index in [1.165, 1.54) is 13.3 Å². The molecule has 0 aliphatic heterocycles. The predicted molar refractivity (Wildman–Crippen MR) is 73.2 cm³/mol. The fraction of sp³-hybridized carbons (Fsp3) is 0.500. The maximum atomic E-state index is 11.4. The van der Waals surface area contributed by atoms with E-state index in [4.69, 9.17) is 4.74 Å². The van der Waals surface area contributed by atoms with Crippen molar-refractivity contribution in [2.24, 2.45) is 5.41 Å². The molecule has 1 aromatic heterocycles. The smallest absolute Gasteiger partial charge is 0.339 e. The minimum Gasteiger partial charge on any atom is -0.490 e. The van der Waals surface area contributed by atoms with E-state index in [9.17, 15) is 4.79 Å². The summed E-state index contributed by atoms with van der Waals surface area (Å²) in [4.78, 5) is 15.5. The van der Waals surface area contributed by atoms with Gasteiger partial charge < -0.3 is 9.47 Å². The minimum absolute atomic E-state index is 0.0599. The van der Waals surface area contributed by atoms with Crippen molar-refractivity contribution >= 4 is 28.6 Å². The molecule has 1 rings (SSSR count). The number of halogens is 1. The average Bonchev–Trinajstić information content (AvgIpc) is 2.26. The van der Waals surface area contributed by atoms with Crippen LogP contribution in [0.25, 0.3) is 0 Å². The third-order valence-electron chi connectivity index (χ3n) is 1.89. The lowest BCUT2D eigenvalue weighted by molar-refractivity contribution is 0.0599. The van der Waals surface area contributed by atoms with Crippen molar-refractivity contribution in [3.05, 3.63) is 21.5 Å². The van der Waals surface area contributed by atoms with Crippen LogP contribution < -0.4 is 4.74 Å². The van der Waals surface area contributed by atoms with Crippen LogP contribution in [0.4, 0.5) is 0 Å². The molecule has 17 heavy (non-hydrogen) atoms. The van der Waals surface area contributed by atoms with Gasteiger partial charge in [-0.1, -0.05) is 20.8 Å². The summed E-state index contributed by atoms with van der Waals surface area (Å²) in [6.07, 6.45) is 1.48. The van der Waals surface area contributed by atoms with Crippen molar-refractivity contribution in [1.82, 2.24) is 4.98 Å². The number of aromatic nitrogens is 1. The summed E-state index contributed by atoms with van der Waals surface area (Å²) in [5, 5.41) is 0. The molecule has 0 aliphatic carbocycles. The van der Waals surface area contributed by atoms with E-state index >= 15 is 0 Å². The molecule has 1 heterocycles. The Balaban J connectivity index is 2.87. The fourth-order valence-corrected chi connectivity index (χ4v) is 1.50. The van der Waals surface area contributed by atoms with E-state index in [1.807, 2.05) is 0 Å². The summed E-state index contributed by atoms with van der Waals surface area (Å²) in [7, 11) is 1.34. The van der Waals surface area contributed by atoms with Crippen LogP contribution in [-0.2, 0) is 4.74 Å². The zero-order chi connectivity index (χ0) is 13.1. The summed E-state index contributed by atoms with van der Waals surface area (Å²) in [5.41, 5.74) is 0.460. The highest BCUT2D eigenvalue weighted by atomic mass is 127. The van der Waals surface area contributed by atoms with Crippen LogP contribution in [-0.4, -0.2) is 24.7 Å². The Morgan fingerprint density at radius 2 is 2.12 bits per heavy atom. The third kappa shape index (κ3) is 4.49. The molecule has 0 atom stereocenters. The van der Waals surface area contributed by atoms with Crippen molar-refractivity contribution in [3.63, 3.8) is 0 Å². The average molecular weight is 349 g/mol. The van der Waals surface area contributed by atoms with Crippen molar-refractivity contribution in [3.8, 4) is 5.75 Å². The van der Waals surface area contributed by atoms with Gasteiger partial charge in [0.15, 0.2) is 5.75 Å². The number of nitrogens with zero attached hydrogens (tertiary/aromatic N) is 1. The quantitative estimate of drug-likeness (QED) is 0.478. The topological polar surface area (TPSA) is 48.4 Å².